The van der Waals surface area contributed by atoms with Gasteiger partial charge < -0.3 is 9.47 Å². The molecular weight excluding hydrogens is 212 g/mol. The van der Waals surface area contributed by atoms with Gasteiger partial charge >= 0.3 is 5.97 Å². The van der Waals surface area contributed by atoms with Crippen LogP contribution in [0.4, 0.5) is 0 Å². The molecule has 0 radical (unpaired) electrons. The second-order valence-corrected chi connectivity index (χ2v) is 4.32. The first kappa shape index (κ1) is 11.9. The van der Waals surface area contributed by atoms with Crippen LogP contribution in [0.5, 0.6) is 5.75 Å². The number of hydrogen-bond acceptors (Lipinski definition) is 4. The van der Waals surface area contributed by atoms with Crippen LogP contribution >= 0.6 is 11.8 Å². The fourth-order valence-corrected chi connectivity index (χ4v) is 2.12. The van der Waals surface area contributed by atoms with E-state index in [4.69, 9.17) is 4.74 Å². The summed E-state index contributed by atoms with van der Waals surface area (Å²) in [5.74, 6) is 0.546. The normalized spacial score (nSPS) is 11.9. The van der Waals surface area contributed by atoms with Crippen LogP contribution in [-0.4, -0.2) is 25.4 Å². The van der Waals surface area contributed by atoms with Crippen molar-refractivity contribution in [3.63, 3.8) is 0 Å². The molecule has 0 fully saturated rings. The highest BCUT2D eigenvalue weighted by Crippen LogP contribution is 2.31. The summed E-state index contributed by atoms with van der Waals surface area (Å²) in [4.78, 5) is 12.2. The van der Waals surface area contributed by atoms with Gasteiger partial charge in [0.25, 0.3) is 0 Å². The summed E-state index contributed by atoms with van der Waals surface area (Å²) in [6.45, 7) is 1.81. The Morgan fingerprint density at radius 3 is 2.60 bits per heavy atom. The number of ether oxygens (including phenoxy) is 2. The minimum atomic E-state index is -0.231. The van der Waals surface area contributed by atoms with E-state index in [-0.39, 0.29) is 11.2 Å². The first-order chi connectivity index (χ1) is 7.19. The third-order valence-electron chi connectivity index (χ3n) is 1.91. The van der Waals surface area contributed by atoms with Crippen LogP contribution in [0.25, 0.3) is 0 Å². The van der Waals surface area contributed by atoms with Crippen LogP contribution in [0.2, 0.25) is 0 Å². The summed E-state index contributed by atoms with van der Waals surface area (Å²) in [6, 6.07) is 7.59. The molecule has 0 spiro atoms. The fourth-order valence-electron chi connectivity index (χ4n) is 1.12. The van der Waals surface area contributed by atoms with Crippen molar-refractivity contribution in [2.75, 3.05) is 14.2 Å². The van der Waals surface area contributed by atoms with Crippen LogP contribution in [0.3, 0.4) is 0 Å². The lowest BCUT2D eigenvalue weighted by Crippen LogP contribution is -2.14. The molecule has 4 heteroatoms. The van der Waals surface area contributed by atoms with Crippen LogP contribution < -0.4 is 4.74 Å². The van der Waals surface area contributed by atoms with Crippen molar-refractivity contribution in [2.24, 2.45) is 0 Å². The number of para-hydroxylation sites is 1. The monoisotopic (exact) mass is 226 g/mol. The Hall–Kier alpha value is -1.16. The number of carbonyl (C=O) groups is 1. The van der Waals surface area contributed by atoms with Gasteiger partial charge in [-0.3, -0.25) is 4.79 Å². The standard InChI is InChI=1S/C11H14O3S/c1-8(11(12)14-3)15-10-7-5-4-6-9(10)13-2/h4-8H,1-3H3. The molecule has 1 rings (SSSR count). The average molecular weight is 226 g/mol. The predicted molar refractivity (Wildman–Crippen MR) is 60.3 cm³/mol. The zero-order valence-electron chi connectivity index (χ0n) is 9.02. The van der Waals surface area contributed by atoms with Gasteiger partial charge in [0.15, 0.2) is 0 Å². The van der Waals surface area contributed by atoms with Crippen molar-refractivity contribution in [2.45, 2.75) is 17.1 Å². The van der Waals surface area contributed by atoms with E-state index in [2.05, 4.69) is 4.74 Å². The van der Waals surface area contributed by atoms with E-state index in [9.17, 15) is 4.79 Å². The number of hydrogen-bond donors (Lipinski definition) is 0. The molecule has 3 nitrogen and oxygen atoms in total. The Morgan fingerprint density at radius 1 is 1.33 bits per heavy atom. The van der Waals surface area contributed by atoms with E-state index in [0.29, 0.717) is 0 Å². The molecule has 0 bridgehead atoms. The molecule has 1 aromatic rings. The SMILES string of the molecule is COC(=O)C(C)Sc1ccccc1OC. The van der Waals surface area contributed by atoms with Crippen LogP contribution in [0.15, 0.2) is 29.2 Å². The minimum absolute atomic E-state index is 0.230. The molecule has 0 heterocycles. The van der Waals surface area contributed by atoms with E-state index >= 15 is 0 Å². The van der Waals surface area contributed by atoms with Gasteiger partial charge in [-0.2, -0.15) is 0 Å². The molecule has 15 heavy (non-hydrogen) atoms. The number of rotatable bonds is 4. The molecule has 0 saturated heterocycles. The average Bonchev–Trinajstić information content (AvgIpc) is 2.28. The maximum atomic E-state index is 11.2. The largest absolute Gasteiger partial charge is 0.496 e. The third kappa shape index (κ3) is 3.16. The summed E-state index contributed by atoms with van der Waals surface area (Å²) in [5.41, 5.74) is 0. The molecule has 0 saturated carbocycles. The molecule has 1 atom stereocenters. The quantitative estimate of drug-likeness (QED) is 0.583. The Bertz CT molecular complexity index is 338. The highest BCUT2D eigenvalue weighted by Gasteiger charge is 2.16. The van der Waals surface area contributed by atoms with Gasteiger partial charge in [0, 0.05) is 0 Å². The summed E-state index contributed by atoms with van der Waals surface area (Å²) in [6.07, 6.45) is 0. The van der Waals surface area contributed by atoms with E-state index in [1.54, 1.807) is 7.11 Å². The Morgan fingerprint density at radius 2 is 2.00 bits per heavy atom. The van der Waals surface area contributed by atoms with Crippen LogP contribution in [0.1, 0.15) is 6.92 Å². The van der Waals surface area contributed by atoms with Gasteiger partial charge in [-0.15, -0.1) is 11.8 Å². The van der Waals surface area contributed by atoms with Gasteiger partial charge in [-0.25, -0.2) is 0 Å². The third-order valence-corrected chi connectivity index (χ3v) is 3.04. The molecule has 0 amide bonds. The van der Waals surface area contributed by atoms with Gasteiger partial charge in [0.1, 0.15) is 11.0 Å². The summed E-state index contributed by atoms with van der Waals surface area (Å²) in [7, 11) is 3.00. The molecule has 82 valence electrons. The van der Waals surface area contributed by atoms with Crippen LogP contribution in [0, 0.1) is 0 Å². The van der Waals surface area contributed by atoms with Crippen molar-refractivity contribution < 1.29 is 14.3 Å². The molecule has 1 unspecified atom stereocenters. The Labute approximate surface area is 93.8 Å². The van der Waals surface area contributed by atoms with Gasteiger partial charge in [0.2, 0.25) is 0 Å². The van der Waals surface area contributed by atoms with Crippen molar-refractivity contribution in [3.05, 3.63) is 24.3 Å². The highest BCUT2D eigenvalue weighted by molar-refractivity contribution is 8.00. The summed E-state index contributed by atoms with van der Waals surface area (Å²) in [5, 5.41) is -0.230. The molecule has 0 N–H and O–H groups in total. The first-order valence-electron chi connectivity index (χ1n) is 4.56. The molecular formula is C11H14O3S. The van der Waals surface area contributed by atoms with Gasteiger partial charge in [-0.05, 0) is 19.1 Å². The topological polar surface area (TPSA) is 35.5 Å². The van der Waals surface area contributed by atoms with E-state index in [1.807, 2.05) is 31.2 Å². The fraction of sp³-hybridized carbons (Fsp3) is 0.364. The second kappa shape index (κ2) is 5.66. The predicted octanol–water partition coefficient (Wildman–Crippen LogP) is 2.35. The minimum Gasteiger partial charge on any atom is -0.496 e. The second-order valence-electron chi connectivity index (χ2n) is 2.93. The number of thioether (sulfide) groups is 1. The number of carbonyl (C=O) groups excluding carboxylic acids is 1. The van der Waals surface area contributed by atoms with Crippen molar-refractivity contribution in [1.29, 1.82) is 0 Å². The van der Waals surface area contributed by atoms with Crippen LogP contribution in [-0.2, 0) is 9.53 Å². The number of benzene rings is 1. The summed E-state index contributed by atoms with van der Waals surface area (Å²) >= 11 is 1.43. The van der Waals surface area contributed by atoms with Gasteiger partial charge in [-0.1, -0.05) is 12.1 Å². The zero-order chi connectivity index (χ0) is 11.3. The molecule has 0 aliphatic rings. The molecule has 1 aromatic carbocycles. The Kier molecular flexibility index (Phi) is 4.49. The Balaban J connectivity index is 2.75. The van der Waals surface area contributed by atoms with Gasteiger partial charge in [0.05, 0.1) is 19.1 Å². The number of methoxy groups -OCH3 is 2. The van der Waals surface area contributed by atoms with Crippen molar-refractivity contribution >= 4 is 17.7 Å². The van der Waals surface area contributed by atoms with E-state index < -0.39 is 0 Å². The zero-order valence-corrected chi connectivity index (χ0v) is 9.84. The highest BCUT2D eigenvalue weighted by atomic mass is 32.2. The summed E-state index contributed by atoms with van der Waals surface area (Å²) < 4.78 is 9.84. The lowest BCUT2D eigenvalue weighted by Gasteiger charge is -2.11. The smallest absolute Gasteiger partial charge is 0.318 e. The maximum Gasteiger partial charge on any atom is 0.318 e. The first-order valence-corrected chi connectivity index (χ1v) is 5.44. The number of esters is 1. The molecule has 0 aliphatic carbocycles. The lowest BCUT2D eigenvalue weighted by atomic mass is 10.3. The van der Waals surface area contributed by atoms with E-state index in [1.165, 1.54) is 18.9 Å². The molecule has 0 aliphatic heterocycles. The maximum absolute atomic E-state index is 11.2. The lowest BCUT2D eigenvalue weighted by molar-refractivity contribution is -0.139. The van der Waals surface area contributed by atoms with E-state index in [0.717, 1.165) is 10.6 Å². The molecule has 0 aromatic heterocycles. The van der Waals surface area contributed by atoms with Crippen molar-refractivity contribution in [1.82, 2.24) is 0 Å². The van der Waals surface area contributed by atoms with Crippen molar-refractivity contribution in [3.8, 4) is 5.75 Å².